The molecule has 0 amide bonds. The maximum atomic E-state index is 13.2. The van der Waals surface area contributed by atoms with Crippen molar-refractivity contribution in [2.24, 2.45) is 5.92 Å². The number of ether oxygens (including phenoxy) is 2. The molecule has 0 atom stereocenters. The molecular weight excluding hydrogens is 226 g/mol. The minimum atomic E-state index is -1.80. The molecule has 1 aromatic rings. The summed E-state index contributed by atoms with van der Waals surface area (Å²) in [4.78, 5) is 0. The Hall–Kier alpha value is -1.27. The van der Waals surface area contributed by atoms with Crippen LogP contribution in [0.2, 0.25) is 0 Å². The fourth-order valence-electron chi connectivity index (χ4n) is 1.34. The van der Waals surface area contributed by atoms with Crippen LogP contribution in [0.25, 0.3) is 0 Å². The van der Waals surface area contributed by atoms with Gasteiger partial charge < -0.3 is 19.5 Å². The fraction of sp³-hybridized carbons (Fsp3) is 0.455. The zero-order valence-corrected chi connectivity index (χ0v) is 10.1. The van der Waals surface area contributed by atoms with E-state index in [9.17, 15) is 4.39 Å². The van der Waals surface area contributed by atoms with Crippen molar-refractivity contribution in [3.05, 3.63) is 17.9 Å². The lowest BCUT2D eigenvalue weighted by Gasteiger charge is -2.16. The average molecular weight is 242 g/mol. The van der Waals surface area contributed by atoms with E-state index in [0.29, 0.717) is 6.61 Å². The Morgan fingerprint density at radius 1 is 1.35 bits per heavy atom. The SMILES string of the molecule is COc1cc(F)cc(B(O)O)c1OCC(C)C. The highest BCUT2D eigenvalue weighted by Crippen LogP contribution is 2.26. The zero-order valence-electron chi connectivity index (χ0n) is 10.1. The molecule has 0 saturated heterocycles. The second kappa shape index (κ2) is 5.88. The first-order valence-corrected chi connectivity index (χ1v) is 5.32. The van der Waals surface area contributed by atoms with E-state index < -0.39 is 12.9 Å². The molecule has 0 heterocycles. The normalized spacial score (nSPS) is 10.5. The van der Waals surface area contributed by atoms with E-state index in [2.05, 4.69) is 0 Å². The van der Waals surface area contributed by atoms with Gasteiger partial charge in [0.05, 0.1) is 13.7 Å². The van der Waals surface area contributed by atoms with Crippen LogP contribution in [0.1, 0.15) is 13.8 Å². The quantitative estimate of drug-likeness (QED) is 0.740. The molecule has 0 fully saturated rings. The Balaban J connectivity index is 3.12. The number of halogens is 1. The zero-order chi connectivity index (χ0) is 13.0. The Labute approximate surface area is 100 Å². The summed E-state index contributed by atoms with van der Waals surface area (Å²) in [5.41, 5.74) is -0.0394. The maximum Gasteiger partial charge on any atom is 0.492 e. The molecule has 0 aromatic heterocycles. The van der Waals surface area contributed by atoms with Gasteiger partial charge in [0, 0.05) is 11.5 Å². The number of benzene rings is 1. The summed E-state index contributed by atoms with van der Waals surface area (Å²) < 4.78 is 23.6. The van der Waals surface area contributed by atoms with E-state index in [4.69, 9.17) is 19.5 Å². The maximum absolute atomic E-state index is 13.2. The molecule has 0 aliphatic carbocycles. The third-order valence-corrected chi connectivity index (χ3v) is 2.11. The monoisotopic (exact) mass is 242 g/mol. The highest BCUT2D eigenvalue weighted by atomic mass is 19.1. The van der Waals surface area contributed by atoms with Gasteiger partial charge in [-0.25, -0.2) is 4.39 Å². The van der Waals surface area contributed by atoms with Crippen molar-refractivity contribution in [1.82, 2.24) is 0 Å². The molecule has 0 aliphatic heterocycles. The predicted molar refractivity (Wildman–Crippen MR) is 63.1 cm³/mol. The number of methoxy groups -OCH3 is 1. The van der Waals surface area contributed by atoms with Crippen LogP contribution in [-0.4, -0.2) is 30.9 Å². The molecule has 1 aromatic carbocycles. The number of hydrogen-bond acceptors (Lipinski definition) is 4. The molecular formula is C11H16BFO4. The van der Waals surface area contributed by atoms with Crippen LogP contribution in [-0.2, 0) is 0 Å². The van der Waals surface area contributed by atoms with Crippen LogP contribution in [0.5, 0.6) is 11.5 Å². The van der Waals surface area contributed by atoms with Crippen LogP contribution in [0.15, 0.2) is 12.1 Å². The third kappa shape index (κ3) is 3.61. The van der Waals surface area contributed by atoms with Gasteiger partial charge in [-0.1, -0.05) is 13.8 Å². The second-order valence-electron chi connectivity index (χ2n) is 4.10. The molecule has 0 radical (unpaired) electrons. The Kier molecular flexibility index (Phi) is 4.78. The molecule has 6 heteroatoms. The molecule has 0 spiro atoms. The average Bonchev–Trinajstić information content (AvgIpc) is 2.25. The van der Waals surface area contributed by atoms with Gasteiger partial charge in [-0.15, -0.1) is 0 Å². The fourth-order valence-corrected chi connectivity index (χ4v) is 1.34. The molecule has 2 N–H and O–H groups in total. The summed E-state index contributed by atoms with van der Waals surface area (Å²) in [6, 6.07) is 2.16. The van der Waals surface area contributed by atoms with Crippen molar-refractivity contribution in [3.8, 4) is 11.5 Å². The number of hydrogen-bond donors (Lipinski definition) is 2. The van der Waals surface area contributed by atoms with Crippen LogP contribution < -0.4 is 14.9 Å². The summed E-state index contributed by atoms with van der Waals surface area (Å²) in [5, 5.41) is 18.3. The van der Waals surface area contributed by atoms with E-state index in [0.717, 1.165) is 12.1 Å². The lowest BCUT2D eigenvalue weighted by atomic mass is 9.79. The first-order valence-electron chi connectivity index (χ1n) is 5.32. The van der Waals surface area contributed by atoms with Gasteiger partial charge >= 0.3 is 7.12 Å². The van der Waals surface area contributed by atoms with Crippen molar-refractivity contribution in [2.75, 3.05) is 13.7 Å². The molecule has 0 aliphatic rings. The van der Waals surface area contributed by atoms with Crippen molar-refractivity contribution >= 4 is 12.6 Å². The van der Waals surface area contributed by atoms with Crippen LogP contribution in [0, 0.1) is 11.7 Å². The standard InChI is InChI=1S/C11H16BFO4/c1-7(2)6-17-11-9(12(14)15)4-8(13)5-10(11)16-3/h4-5,7,14-15H,6H2,1-3H3. The van der Waals surface area contributed by atoms with Gasteiger partial charge in [-0.3, -0.25) is 0 Å². The van der Waals surface area contributed by atoms with E-state index in [1.165, 1.54) is 7.11 Å². The molecule has 0 saturated carbocycles. The summed E-state index contributed by atoms with van der Waals surface area (Å²) >= 11 is 0. The van der Waals surface area contributed by atoms with Gasteiger partial charge in [-0.2, -0.15) is 0 Å². The predicted octanol–water partition coefficient (Wildman–Crippen LogP) is 0.549. The molecule has 1 rings (SSSR count). The largest absolute Gasteiger partial charge is 0.493 e. The summed E-state index contributed by atoms with van der Waals surface area (Å²) in [5.74, 6) is -0.0401. The smallest absolute Gasteiger partial charge is 0.492 e. The highest BCUT2D eigenvalue weighted by molar-refractivity contribution is 6.59. The van der Waals surface area contributed by atoms with Gasteiger partial charge in [0.1, 0.15) is 5.82 Å². The third-order valence-electron chi connectivity index (χ3n) is 2.11. The second-order valence-corrected chi connectivity index (χ2v) is 4.10. The highest BCUT2D eigenvalue weighted by Gasteiger charge is 2.22. The first-order chi connectivity index (χ1) is 7.95. The van der Waals surface area contributed by atoms with E-state index in [1.54, 1.807) is 0 Å². The van der Waals surface area contributed by atoms with Crippen molar-refractivity contribution in [2.45, 2.75) is 13.8 Å². The number of rotatable bonds is 5. The van der Waals surface area contributed by atoms with E-state index in [-0.39, 0.29) is 22.9 Å². The lowest BCUT2D eigenvalue weighted by Crippen LogP contribution is -2.32. The summed E-state index contributed by atoms with van der Waals surface area (Å²) in [7, 11) is -0.438. The Morgan fingerprint density at radius 2 is 2.00 bits per heavy atom. The van der Waals surface area contributed by atoms with Gasteiger partial charge in [0.2, 0.25) is 0 Å². The minimum Gasteiger partial charge on any atom is -0.493 e. The van der Waals surface area contributed by atoms with Gasteiger partial charge in [-0.05, 0) is 12.0 Å². The molecule has 94 valence electrons. The van der Waals surface area contributed by atoms with Crippen LogP contribution in [0.4, 0.5) is 4.39 Å². The molecule has 4 nitrogen and oxygen atoms in total. The summed E-state index contributed by atoms with van der Waals surface area (Å²) in [6.07, 6.45) is 0. The van der Waals surface area contributed by atoms with Gasteiger partial charge in [0.25, 0.3) is 0 Å². The topological polar surface area (TPSA) is 58.9 Å². The van der Waals surface area contributed by atoms with E-state index in [1.807, 2.05) is 13.8 Å². The van der Waals surface area contributed by atoms with Crippen LogP contribution >= 0.6 is 0 Å². The molecule has 17 heavy (non-hydrogen) atoms. The minimum absolute atomic E-state index is 0.0394. The van der Waals surface area contributed by atoms with Gasteiger partial charge in [0.15, 0.2) is 11.5 Å². The van der Waals surface area contributed by atoms with Crippen LogP contribution in [0.3, 0.4) is 0 Å². The Morgan fingerprint density at radius 3 is 2.47 bits per heavy atom. The van der Waals surface area contributed by atoms with Crippen molar-refractivity contribution in [1.29, 1.82) is 0 Å². The van der Waals surface area contributed by atoms with E-state index >= 15 is 0 Å². The summed E-state index contributed by atoms with van der Waals surface area (Å²) in [6.45, 7) is 4.28. The Bertz CT molecular complexity index is 382. The first kappa shape index (κ1) is 13.8. The van der Waals surface area contributed by atoms with Crippen molar-refractivity contribution < 1.29 is 23.9 Å². The molecule has 0 bridgehead atoms. The lowest BCUT2D eigenvalue weighted by molar-refractivity contribution is 0.257. The molecule has 0 unspecified atom stereocenters. The van der Waals surface area contributed by atoms with Crippen molar-refractivity contribution in [3.63, 3.8) is 0 Å².